The third-order valence-corrected chi connectivity index (χ3v) is 6.55. The lowest BCUT2D eigenvalue weighted by atomic mass is 9.96. The first-order valence-corrected chi connectivity index (χ1v) is 12.1. The first-order valence-electron chi connectivity index (χ1n) is 10.1. The van der Waals surface area contributed by atoms with E-state index in [4.69, 9.17) is 21.1 Å². The van der Waals surface area contributed by atoms with Crippen molar-refractivity contribution in [2.45, 2.75) is 39.2 Å². The summed E-state index contributed by atoms with van der Waals surface area (Å²) in [6.07, 6.45) is 4.52. The Kier molecular flexibility index (Phi) is 9.08. The highest BCUT2D eigenvalue weighted by Crippen LogP contribution is 2.25. The van der Waals surface area contributed by atoms with Crippen LogP contribution in [0.15, 0.2) is 51.7 Å². The number of ether oxygens (including phenoxy) is 2. The van der Waals surface area contributed by atoms with Crippen molar-refractivity contribution in [1.29, 1.82) is 0 Å². The van der Waals surface area contributed by atoms with Crippen molar-refractivity contribution >= 4 is 49.4 Å². The molecule has 2 heterocycles. The molecule has 0 aliphatic rings. The molecule has 0 aliphatic heterocycles. The Morgan fingerprint density at radius 3 is 2.53 bits per heavy atom. The SMILES string of the molecule is COC(=O)Cc1cc(C)c(Br)cc1CCCc1cc(Cl)ncc1COc1cccc(Br)n1. The van der Waals surface area contributed by atoms with E-state index in [1.807, 2.05) is 37.3 Å². The van der Waals surface area contributed by atoms with Gasteiger partial charge in [0.05, 0.1) is 13.5 Å². The van der Waals surface area contributed by atoms with Gasteiger partial charge in [0, 0.05) is 22.3 Å². The molecule has 1 aromatic carbocycles. The molecule has 0 aliphatic carbocycles. The number of carbonyl (C=O) groups excluding carboxylic acids is 1. The fourth-order valence-corrected chi connectivity index (χ4v) is 4.26. The number of aromatic nitrogens is 2. The number of pyridine rings is 2. The summed E-state index contributed by atoms with van der Waals surface area (Å²) in [6.45, 7) is 2.37. The van der Waals surface area contributed by atoms with Gasteiger partial charge in [-0.3, -0.25) is 4.79 Å². The summed E-state index contributed by atoms with van der Waals surface area (Å²) >= 11 is 13.1. The Labute approximate surface area is 209 Å². The summed E-state index contributed by atoms with van der Waals surface area (Å²) in [5.74, 6) is 0.298. The van der Waals surface area contributed by atoms with E-state index in [-0.39, 0.29) is 12.4 Å². The highest BCUT2D eigenvalue weighted by Gasteiger charge is 2.12. The highest BCUT2D eigenvalue weighted by molar-refractivity contribution is 9.10. The van der Waals surface area contributed by atoms with E-state index in [0.717, 1.165) is 56.2 Å². The second-order valence-corrected chi connectivity index (χ2v) is 9.39. The molecule has 2 aromatic heterocycles. The second-order valence-electron chi connectivity index (χ2n) is 7.34. The summed E-state index contributed by atoms with van der Waals surface area (Å²) in [7, 11) is 1.41. The maximum atomic E-state index is 11.8. The molecule has 0 unspecified atom stereocenters. The molecule has 0 spiro atoms. The molecular formula is C24H23Br2ClN2O3. The van der Waals surface area contributed by atoms with Gasteiger partial charge in [-0.15, -0.1) is 0 Å². The van der Waals surface area contributed by atoms with E-state index in [1.54, 1.807) is 6.20 Å². The predicted octanol–water partition coefficient (Wildman–Crippen LogP) is 6.43. The van der Waals surface area contributed by atoms with Gasteiger partial charge in [0.1, 0.15) is 16.4 Å². The van der Waals surface area contributed by atoms with E-state index in [0.29, 0.717) is 17.6 Å². The fourth-order valence-electron chi connectivity index (χ4n) is 3.36. The molecule has 3 aromatic rings. The van der Waals surface area contributed by atoms with Gasteiger partial charge < -0.3 is 9.47 Å². The number of hydrogen-bond donors (Lipinski definition) is 0. The highest BCUT2D eigenvalue weighted by atomic mass is 79.9. The zero-order valence-corrected chi connectivity index (χ0v) is 21.8. The Morgan fingerprint density at radius 1 is 1.06 bits per heavy atom. The largest absolute Gasteiger partial charge is 0.473 e. The average Bonchev–Trinajstić information content (AvgIpc) is 2.76. The van der Waals surface area contributed by atoms with E-state index in [9.17, 15) is 4.79 Å². The summed E-state index contributed by atoms with van der Waals surface area (Å²) in [5.41, 5.74) is 5.27. The molecule has 0 saturated carbocycles. The van der Waals surface area contributed by atoms with E-state index in [1.165, 1.54) is 7.11 Å². The van der Waals surface area contributed by atoms with E-state index in [2.05, 4.69) is 47.9 Å². The summed E-state index contributed by atoms with van der Waals surface area (Å²) in [5, 5.41) is 0.453. The number of carbonyl (C=O) groups is 1. The quantitative estimate of drug-likeness (QED) is 0.215. The maximum absolute atomic E-state index is 11.8. The van der Waals surface area contributed by atoms with Crippen LogP contribution in [-0.2, 0) is 35.4 Å². The zero-order valence-electron chi connectivity index (χ0n) is 17.8. The number of nitrogens with zero attached hydrogens (tertiary/aromatic N) is 2. The summed E-state index contributed by atoms with van der Waals surface area (Å²) in [4.78, 5) is 20.3. The minimum absolute atomic E-state index is 0.241. The van der Waals surface area contributed by atoms with Crippen molar-refractivity contribution in [2.75, 3.05) is 7.11 Å². The predicted molar refractivity (Wildman–Crippen MR) is 132 cm³/mol. The lowest BCUT2D eigenvalue weighted by Gasteiger charge is -2.13. The van der Waals surface area contributed by atoms with Crippen LogP contribution in [0.3, 0.4) is 0 Å². The first kappa shape index (κ1) is 24.7. The van der Waals surface area contributed by atoms with Crippen LogP contribution >= 0.6 is 43.5 Å². The van der Waals surface area contributed by atoms with Crippen molar-refractivity contribution in [3.8, 4) is 5.88 Å². The molecular weight excluding hydrogens is 560 g/mol. The van der Waals surface area contributed by atoms with Gasteiger partial charge in [-0.2, -0.15) is 0 Å². The van der Waals surface area contributed by atoms with Crippen LogP contribution in [0.5, 0.6) is 5.88 Å². The average molecular weight is 583 g/mol. The number of hydrogen-bond acceptors (Lipinski definition) is 5. The van der Waals surface area contributed by atoms with Crippen molar-refractivity contribution in [3.63, 3.8) is 0 Å². The Bertz CT molecular complexity index is 1110. The van der Waals surface area contributed by atoms with Gasteiger partial charge in [-0.25, -0.2) is 9.97 Å². The van der Waals surface area contributed by atoms with Gasteiger partial charge in [0.25, 0.3) is 0 Å². The zero-order chi connectivity index (χ0) is 23.1. The van der Waals surface area contributed by atoms with Gasteiger partial charge in [-0.05, 0) is 82.6 Å². The number of aryl methyl sites for hydroxylation is 3. The van der Waals surface area contributed by atoms with Crippen molar-refractivity contribution < 1.29 is 14.3 Å². The smallest absolute Gasteiger partial charge is 0.309 e. The molecule has 8 heteroatoms. The van der Waals surface area contributed by atoms with Crippen molar-refractivity contribution in [2.24, 2.45) is 0 Å². The van der Waals surface area contributed by atoms with Crippen LogP contribution in [0.25, 0.3) is 0 Å². The second kappa shape index (κ2) is 11.8. The summed E-state index contributed by atoms with van der Waals surface area (Å²) in [6, 6.07) is 11.6. The molecule has 0 fully saturated rings. The van der Waals surface area contributed by atoms with Gasteiger partial charge in [-0.1, -0.05) is 39.7 Å². The lowest BCUT2D eigenvalue weighted by Crippen LogP contribution is -2.08. The standard InChI is InChI=1S/C24H23Br2ClN2O3/c1-15-9-18(12-24(30)31-2)16(10-20(15)25)5-3-6-17-11-22(27)28-13-19(17)14-32-23-8-4-7-21(26)29-23/h4,7-11,13H,3,5-6,12,14H2,1-2H3. The Morgan fingerprint density at radius 2 is 1.81 bits per heavy atom. The number of rotatable bonds is 9. The van der Waals surface area contributed by atoms with Gasteiger partial charge >= 0.3 is 5.97 Å². The minimum Gasteiger partial charge on any atom is -0.473 e. The topological polar surface area (TPSA) is 61.3 Å². The minimum atomic E-state index is -0.241. The lowest BCUT2D eigenvalue weighted by molar-refractivity contribution is -0.139. The molecule has 0 saturated heterocycles. The number of methoxy groups -OCH3 is 1. The molecule has 0 radical (unpaired) electrons. The molecule has 168 valence electrons. The van der Waals surface area contributed by atoms with Crippen molar-refractivity contribution in [1.82, 2.24) is 9.97 Å². The third kappa shape index (κ3) is 7.02. The molecule has 5 nitrogen and oxygen atoms in total. The van der Waals surface area contributed by atoms with Crippen LogP contribution in [0.4, 0.5) is 0 Å². The number of halogens is 3. The van der Waals surface area contributed by atoms with Crippen LogP contribution in [-0.4, -0.2) is 23.0 Å². The molecule has 0 amide bonds. The van der Waals surface area contributed by atoms with Crippen LogP contribution in [0.2, 0.25) is 5.15 Å². The fraction of sp³-hybridized carbons (Fsp3) is 0.292. The first-order chi connectivity index (χ1) is 15.4. The van der Waals surface area contributed by atoms with Crippen LogP contribution in [0.1, 0.15) is 34.2 Å². The molecule has 3 rings (SSSR count). The monoisotopic (exact) mass is 580 g/mol. The number of benzene rings is 1. The molecule has 0 bridgehead atoms. The molecule has 32 heavy (non-hydrogen) atoms. The molecule has 0 N–H and O–H groups in total. The maximum Gasteiger partial charge on any atom is 0.309 e. The van der Waals surface area contributed by atoms with Gasteiger partial charge in [0.2, 0.25) is 5.88 Å². The van der Waals surface area contributed by atoms with Gasteiger partial charge in [0.15, 0.2) is 0 Å². The van der Waals surface area contributed by atoms with E-state index < -0.39 is 0 Å². The number of esters is 1. The van der Waals surface area contributed by atoms with Crippen LogP contribution in [0, 0.1) is 6.92 Å². The summed E-state index contributed by atoms with van der Waals surface area (Å²) < 4.78 is 12.4. The van der Waals surface area contributed by atoms with E-state index >= 15 is 0 Å². The third-order valence-electron chi connectivity index (χ3n) is 5.05. The Hall–Kier alpha value is -1.96. The Balaban J connectivity index is 1.70. The van der Waals surface area contributed by atoms with Crippen LogP contribution < -0.4 is 4.74 Å². The normalized spacial score (nSPS) is 10.8. The molecule has 0 atom stereocenters. The van der Waals surface area contributed by atoms with Crippen molar-refractivity contribution in [3.05, 3.63) is 84.6 Å².